The molecule has 0 aliphatic rings. The van der Waals surface area contributed by atoms with E-state index in [1.165, 1.54) is 6.33 Å². The summed E-state index contributed by atoms with van der Waals surface area (Å²) in [4.78, 5) is 17.5. The minimum Gasteiger partial charge on any atom is -0.303 e. The highest BCUT2D eigenvalue weighted by molar-refractivity contribution is 5.57. The molecule has 0 aromatic carbocycles. The van der Waals surface area contributed by atoms with Crippen molar-refractivity contribution in [2.45, 2.75) is 6.42 Å². The molecule has 56 valence electrons. The lowest BCUT2D eigenvalue weighted by molar-refractivity contribution is -0.107. The standard InChI is InChI=1S/C8H8N2O/c11-4-2-1-3-8-5-9-7-10-6-8/h1,3-7H,2H2. The van der Waals surface area contributed by atoms with Crippen LogP contribution in [0, 0.1) is 0 Å². The number of aromatic nitrogens is 2. The van der Waals surface area contributed by atoms with E-state index in [9.17, 15) is 4.79 Å². The maximum atomic E-state index is 9.91. The number of hydrogen-bond donors (Lipinski definition) is 0. The van der Waals surface area contributed by atoms with Crippen LogP contribution < -0.4 is 0 Å². The van der Waals surface area contributed by atoms with E-state index >= 15 is 0 Å². The summed E-state index contributed by atoms with van der Waals surface area (Å²) in [6.07, 6.45) is 9.72. The van der Waals surface area contributed by atoms with Gasteiger partial charge in [-0.05, 0) is 0 Å². The highest BCUT2D eigenvalue weighted by atomic mass is 16.1. The monoisotopic (exact) mass is 148 g/mol. The summed E-state index contributed by atoms with van der Waals surface area (Å²) in [5.74, 6) is 0. The van der Waals surface area contributed by atoms with Crippen molar-refractivity contribution in [2.75, 3.05) is 0 Å². The van der Waals surface area contributed by atoms with Crippen molar-refractivity contribution >= 4 is 12.4 Å². The van der Waals surface area contributed by atoms with Gasteiger partial charge in [-0.2, -0.15) is 0 Å². The highest BCUT2D eigenvalue weighted by Crippen LogP contribution is 1.96. The second-order valence-corrected chi connectivity index (χ2v) is 1.98. The van der Waals surface area contributed by atoms with Crippen molar-refractivity contribution in [2.24, 2.45) is 0 Å². The van der Waals surface area contributed by atoms with Crippen molar-refractivity contribution in [3.63, 3.8) is 0 Å². The van der Waals surface area contributed by atoms with E-state index < -0.39 is 0 Å². The molecular formula is C8H8N2O. The van der Waals surface area contributed by atoms with Gasteiger partial charge in [-0.25, -0.2) is 9.97 Å². The summed E-state index contributed by atoms with van der Waals surface area (Å²) in [5.41, 5.74) is 0.911. The van der Waals surface area contributed by atoms with Crippen molar-refractivity contribution in [3.05, 3.63) is 30.4 Å². The fourth-order valence-corrected chi connectivity index (χ4v) is 0.656. The number of carbonyl (C=O) groups excluding carboxylic acids is 1. The van der Waals surface area contributed by atoms with Crippen LogP contribution in [0.4, 0.5) is 0 Å². The molecule has 0 aliphatic carbocycles. The maximum Gasteiger partial charge on any atom is 0.123 e. The average Bonchev–Trinajstić information content (AvgIpc) is 2.07. The molecule has 0 spiro atoms. The van der Waals surface area contributed by atoms with Gasteiger partial charge in [0, 0.05) is 24.4 Å². The minimum atomic E-state index is 0.439. The summed E-state index contributed by atoms with van der Waals surface area (Å²) < 4.78 is 0. The predicted octanol–water partition coefficient (Wildman–Crippen LogP) is 1.08. The van der Waals surface area contributed by atoms with Crippen molar-refractivity contribution in [1.29, 1.82) is 0 Å². The van der Waals surface area contributed by atoms with E-state index in [1.54, 1.807) is 18.5 Å². The molecule has 0 radical (unpaired) electrons. The third-order valence-corrected chi connectivity index (χ3v) is 1.12. The molecule has 0 bridgehead atoms. The maximum absolute atomic E-state index is 9.91. The van der Waals surface area contributed by atoms with Gasteiger partial charge in [0.1, 0.15) is 12.6 Å². The third kappa shape index (κ3) is 2.71. The first-order valence-electron chi connectivity index (χ1n) is 3.28. The number of carbonyl (C=O) groups is 1. The highest BCUT2D eigenvalue weighted by Gasteiger charge is 1.82. The van der Waals surface area contributed by atoms with Gasteiger partial charge in [0.25, 0.3) is 0 Å². The molecular weight excluding hydrogens is 140 g/mol. The quantitative estimate of drug-likeness (QED) is 0.602. The van der Waals surface area contributed by atoms with Crippen LogP contribution in [-0.4, -0.2) is 16.3 Å². The van der Waals surface area contributed by atoms with Gasteiger partial charge >= 0.3 is 0 Å². The molecule has 1 heterocycles. The van der Waals surface area contributed by atoms with Crippen LogP contribution in [0.2, 0.25) is 0 Å². The molecule has 11 heavy (non-hydrogen) atoms. The van der Waals surface area contributed by atoms with E-state index in [4.69, 9.17) is 0 Å². The number of nitrogens with zero attached hydrogens (tertiary/aromatic N) is 2. The Kier molecular flexibility index (Phi) is 2.99. The second kappa shape index (κ2) is 4.33. The van der Waals surface area contributed by atoms with Crippen LogP contribution in [0.15, 0.2) is 24.8 Å². The van der Waals surface area contributed by atoms with Gasteiger partial charge in [0.05, 0.1) is 0 Å². The number of aldehydes is 1. The lowest BCUT2D eigenvalue weighted by Crippen LogP contribution is -1.77. The van der Waals surface area contributed by atoms with Crippen molar-refractivity contribution < 1.29 is 4.79 Å². The van der Waals surface area contributed by atoms with Crippen LogP contribution in [-0.2, 0) is 4.79 Å². The van der Waals surface area contributed by atoms with Crippen molar-refractivity contribution in [3.8, 4) is 0 Å². The zero-order valence-electron chi connectivity index (χ0n) is 5.97. The summed E-state index contributed by atoms with van der Waals surface area (Å²) in [5, 5.41) is 0. The number of rotatable bonds is 3. The Hall–Kier alpha value is -1.51. The SMILES string of the molecule is O=CCC=Cc1cncnc1. The van der Waals surface area contributed by atoms with E-state index in [0.29, 0.717) is 6.42 Å². The average molecular weight is 148 g/mol. The van der Waals surface area contributed by atoms with Crippen LogP contribution in [0.3, 0.4) is 0 Å². The Balaban J connectivity index is 2.57. The lowest BCUT2D eigenvalue weighted by Gasteiger charge is -1.86. The van der Waals surface area contributed by atoms with E-state index in [-0.39, 0.29) is 0 Å². The molecule has 1 aromatic heterocycles. The summed E-state index contributed by atoms with van der Waals surface area (Å²) in [7, 11) is 0. The van der Waals surface area contributed by atoms with E-state index in [2.05, 4.69) is 9.97 Å². The fourth-order valence-electron chi connectivity index (χ4n) is 0.656. The van der Waals surface area contributed by atoms with Gasteiger partial charge in [0.2, 0.25) is 0 Å². The number of allylic oxidation sites excluding steroid dienone is 1. The Morgan fingerprint density at radius 3 is 2.73 bits per heavy atom. The first kappa shape index (κ1) is 7.60. The summed E-state index contributed by atoms with van der Waals surface area (Å²) in [6, 6.07) is 0. The summed E-state index contributed by atoms with van der Waals surface area (Å²) in [6.45, 7) is 0. The molecule has 0 amide bonds. The molecule has 0 N–H and O–H groups in total. The third-order valence-electron chi connectivity index (χ3n) is 1.12. The predicted molar refractivity (Wildman–Crippen MR) is 41.7 cm³/mol. The largest absolute Gasteiger partial charge is 0.303 e. The topological polar surface area (TPSA) is 42.9 Å². The molecule has 1 aromatic rings. The van der Waals surface area contributed by atoms with Gasteiger partial charge in [-0.15, -0.1) is 0 Å². The van der Waals surface area contributed by atoms with Crippen LogP contribution in [0.25, 0.3) is 6.08 Å². The van der Waals surface area contributed by atoms with Crippen molar-refractivity contribution in [1.82, 2.24) is 9.97 Å². The molecule has 0 aliphatic heterocycles. The normalized spacial score (nSPS) is 10.2. The van der Waals surface area contributed by atoms with Gasteiger partial charge in [-0.3, -0.25) is 0 Å². The Morgan fingerprint density at radius 2 is 2.09 bits per heavy atom. The van der Waals surface area contributed by atoms with E-state index in [1.807, 2.05) is 6.08 Å². The smallest absolute Gasteiger partial charge is 0.123 e. The minimum absolute atomic E-state index is 0.439. The van der Waals surface area contributed by atoms with Gasteiger partial charge < -0.3 is 4.79 Å². The number of hydrogen-bond acceptors (Lipinski definition) is 3. The molecule has 0 saturated heterocycles. The molecule has 0 atom stereocenters. The molecule has 3 heteroatoms. The van der Waals surface area contributed by atoms with E-state index in [0.717, 1.165) is 11.8 Å². The Labute approximate surface area is 64.8 Å². The molecule has 0 saturated carbocycles. The Bertz CT molecular complexity index is 244. The van der Waals surface area contributed by atoms with Crippen LogP contribution >= 0.6 is 0 Å². The van der Waals surface area contributed by atoms with Crippen LogP contribution in [0.5, 0.6) is 0 Å². The summed E-state index contributed by atoms with van der Waals surface area (Å²) >= 11 is 0. The zero-order chi connectivity index (χ0) is 7.94. The molecule has 0 unspecified atom stereocenters. The first-order valence-corrected chi connectivity index (χ1v) is 3.28. The fraction of sp³-hybridized carbons (Fsp3) is 0.125. The second-order valence-electron chi connectivity index (χ2n) is 1.98. The van der Waals surface area contributed by atoms with Crippen LogP contribution in [0.1, 0.15) is 12.0 Å². The molecule has 0 fully saturated rings. The first-order chi connectivity index (χ1) is 5.43. The van der Waals surface area contributed by atoms with Gasteiger partial charge in [0.15, 0.2) is 0 Å². The zero-order valence-corrected chi connectivity index (χ0v) is 5.97. The molecule has 3 nitrogen and oxygen atoms in total. The van der Waals surface area contributed by atoms with Gasteiger partial charge in [-0.1, -0.05) is 12.2 Å². The lowest BCUT2D eigenvalue weighted by atomic mass is 10.3. The molecule has 1 rings (SSSR count). The Morgan fingerprint density at radius 1 is 1.36 bits per heavy atom.